The number of nitrogens with zero attached hydrogens (tertiary/aromatic N) is 4. The summed E-state index contributed by atoms with van der Waals surface area (Å²) in [5.74, 6) is -0.178. The topological polar surface area (TPSA) is 102 Å². The molecule has 8 nitrogen and oxygen atoms in total. The number of tetrazole rings is 1. The smallest absolute Gasteiger partial charge is 0.244 e. The van der Waals surface area contributed by atoms with Gasteiger partial charge >= 0.3 is 0 Å². The molecule has 0 bridgehead atoms. The molecule has 2 rings (SSSR count). The number of nitrogens with one attached hydrogen (secondary N) is 2. The van der Waals surface area contributed by atoms with Crippen LogP contribution in [0.15, 0.2) is 28.7 Å². The van der Waals surface area contributed by atoms with Gasteiger partial charge in [0.05, 0.1) is 0 Å². The monoisotopic (exact) mass is 380 g/mol. The third-order valence-corrected chi connectivity index (χ3v) is 3.67. The first kappa shape index (κ1) is 17.1. The second-order valence-electron chi connectivity index (χ2n) is 4.81. The summed E-state index contributed by atoms with van der Waals surface area (Å²) in [4.78, 5) is 24.7. The summed E-state index contributed by atoms with van der Waals surface area (Å²) in [5, 5.41) is 17.2. The number of hydrogen-bond donors (Lipinski definition) is 2. The highest BCUT2D eigenvalue weighted by atomic mass is 79.9. The highest BCUT2D eigenvalue weighted by Gasteiger charge is 2.16. The Morgan fingerprint density at radius 3 is 2.78 bits per heavy atom. The molecule has 0 saturated carbocycles. The molecule has 2 N–H and O–H groups in total. The third-order valence-electron chi connectivity index (χ3n) is 2.97. The highest BCUT2D eigenvalue weighted by Crippen LogP contribution is 2.23. The standard InChI is InChI=1S/C14H17BrN6O2/c1-3-16-14(23)9(2)17-12(22)8-21-19-13(18-20-21)10-6-4-5-7-11(10)15/h4-7,9H,3,8H2,1-2H3,(H,16,23)(H,17,22)/t9-/m0/s1. The molecule has 2 aromatic rings. The van der Waals surface area contributed by atoms with Gasteiger partial charge in [-0.3, -0.25) is 9.59 Å². The zero-order chi connectivity index (χ0) is 16.8. The van der Waals surface area contributed by atoms with Crippen LogP contribution in [0.5, 0.6) is 0 Å². The van der Waals surface area contributed by atoms with Gasteiger partial charge in [-0.1, -0.05) is 28.1 Å². The van der Waals surface area contributed by atoms with Crippen molar-refractivity contribution in [3.8, 4) is 11.4 Å². The molecular formula is C14H17BrN6O2. The minimum atomic E-state index is -0.617. The van der Waals surface area contributed by atoms with Crippen LogP contribution in [0.4, 0.5) is 0 Å². The molecule has 0 aliphatic rings. The van der Waals surface area contributed by atoms with Crippen LogP contribution in [0.1, 0.15) is 13.8 Å². The summed E-state index contributed by atoms with van der Waals surface area (Å²) in [6, 6.07) is 6.85. The molecule has 0 aliphatic carbocycles. The van der Waals surface area contributed by atoms with E-state index in [-0.39, 0.29) is 18.4 Å². The van der Waals surface area contributed by atoms with Crippen LogP contribution in [-0.4, -0.2) is 44.6 Å². The number of halogens is 1. The number of hydrogen-bond acceptors (Lipinski definition) is 5. The van der Waals surface area contributed by atoms with Gasteiger partial charge in [0.1, 0.15) is 12.6 Å². The second-order valence-corrected chi connectivity index (χ2v) is 5.66. The summed E-state index contributed by atoms with van der Waals surface area (Å²) in [5.41, 5.74) is 0.787. The minimum Gasteiger partial charge on any atom is -0.355 e. The van der Waals surface area contributed by atoms with E-state index in [0.29, 0.717) is 12.4 Å². The maximum absolute atomic E-state index is 11.9. The Hall–Kier alpha value is -2.29. The van der Waals surface area contributed by atoms with Crippen molar-refractivity contribution in [1.29, 1.82) is 0 Å². The Morgan fingerprint density at radius 2 is 2.09 bits per heavy atom. The zero-order valence-electron chi connectivity index (χ0n) is 12.8. The number of benzene rings is 1. The van der Waals surface area contributed by atoms with E-state index >= 15 is 0 Å². The maximum Gasteiger partial charge on any atom is 0.244 e. The molecule has 1 atom stereocenters. The van der Waals surface area contributed by atoms with Crippen LogP contribution >= 0.6 is 15.9 Å². The first-order valence-electron chi connectivity index (χ1n) is 7.11. The second kappa shape index (κ2) is 7.82. The fourth-order valence-electron chi connectivity index (χ4n) is 1.87. The SMILES string of the molecule is CCNC(=O)[C@H](C)NC(=O)Cn1nnc(-c2ccccc2Br)n1. The summed E-state index contributed by atoms with van der Waals surface area (Å²) >= 11 is 3.42. The lowest BCUT2D eigenvalue weighted by atomic mass is 10.2. The minimum absolute atomic E-state index is 0.110. The molecule has 122 valence electrons. The lowest BCUT2D eigenvalue weighted by molar-refractivity contribution is -0.129. The van der Waals surface area contributed by atoms with Crippen molar-refractivity contribution >= 4 is 27.7 Å². The van der Waals surface area contributed by atoms with Gasteiger partial charge < -0.3 is 10.6 Å². The number of amides is 2. The van der Waals surface area contributed by atoms with Crippen molar-refractivity contribution in [2.45, 2.75) is 26.4 Å². The molecule has 1 aromatic carbocycles. The Bertz CT molecular complexity index is 702. The maximum atomic E-state index is 11.9. The van der Waals surface area contributed by atoms with Crippen LogP contribution in [0.3, 0.4) is 0 Å². The van der Waals surface area contributed by atoms with Gasteiger partial charge in [0.2, 0.25) is 17.6 Å². The van der Waals surface area contributed by atoms with Gasteiger partial charge in [0, 0.05) is 16.6 Å². The molecular weight excluding hydrogens is 364 g/mol. The van der Waals surface area contributed by atoms with Gasteiger partial charge in [-0.25, -0.2) is 0 Å². The average molecular weight is 381 g/mol. The van der Waals surface area contributed by atoms with Crippen molar-refractivity contribution < 1.29 is 9.59 Å². The summed E-state index contributed by atoms with van der Waals surface area (Å²) in [6.07, 6.45) is 0. The van der Waals surface area contributed by atoms with Crippen LogP contribution in [0, 0.1) is 0 Å². The molecule has 23 heavy (non-hydrogen) atoms. The van der Waals surface area contributed by atoms with Gasteiger partial charge in [-0.15, -0.1) is 10.2 Å². The van der Waals surface area contributed by atoms with Crippen molar-refractivity contribution in [2.75, 3.05) is 6.54 Å². The van der Waals surface area contributed by atoms with Gasteiger partial charge in [0.25, 0.3) is 0 Å². The largest absolute Gasteiger partial charge is 0.355 e. The van der Waals surface area contributed by atoms with E-state index in [4.69, 9.17) is 0 Å². The first-order valence-corrected chi connectivity index (χ1v) is 7.90. The van der Waals surface area contributed by atoms with Gasteiger partial charge in [0.15, 0.2) is 0 Å². The highest BCUT2D eigenvalue weighted by molar-refractivity contribution is 9.10. The number of carbonyl (C=O) groups is 2. The summed E-state index contributed by atoms with van der Waals surface area (Å²) in [6.45, 7) is 3.83. The quantitative estimate of drug-likeness (QED) is 0.769. The van der Waals surface area contributed by atoms with E-state index in [1.807, 2.05) is 31.2 Å². The Kier molecular flexibility index (Phi) is 5.80. The van der Waals surface area contributed by atoms with E-state index < -0.39 is 6.04 Å². The molecule has 0 saturated heterocycles. The van der Waals surface area contributed by atoms with E-state index in [1.165, 1.54) is 4.80 Å². The molecule has 0 aliphatic heterocycles. The first-order chi connectivity index (χ1) is 11.0. The lowest BCUT2D eigenvalue weighted by Crippen LogP contribution is -2.45. The number of likely N-dealkylation sites (N-methyl/N-ethyl adjacent to an activating group) is 1. The van der Waals surface area contributed by atoms with Crippen molar-refractivity contribution in [2.24, 2.45) is 0 Å². The zero-order valence-corrected chi connectivity index (χ0v) is 14.4. The molecule has 1 heterocycles. The van der Waals surface area contributed by atoms with E-state index in [1.54, 1.807) is 6.92 Å². The third kappa shape index (κ3) is 4.59. The van der Waals surface area contributed by atoms with Crippen LogP contribution in [-0.2, 0) is 16.1 Å². The normalized spacial score (nSPS) is 11.8. The Labute approximate surface area is 141 Å². The summed E-state index contributed by atoms with van der Waals surface area (Å²) < 4.78 is 0.842. The predicted octanol–water partition coefficient (Wildman–Crippen LogP) is 0.743. The molecule has 0 radical (unpaired) electrons. The average Bonchev–Trinajstić information content (AvgIpc) is 2.96. The molecule has 0 unspecified atom stereocenters. The Balaban J connectivity index is 1.98. The Morgan fingerprint density at radius 1 is 1.35 bits per heavy atom. The van der Waals surface area contributed by atoms with E-state index in [9.17, 15) is 9.59 Å². The lowest BCUT2D eigenvalue weighted by Gasteiger charge is -2.12. The van der Waals surface area contributed by atoms with Crippen LogP contribution in [0.25, 0.3) is 11.4 Å². The van der Waals surface area contributed by atoms with E-state index in [2.05, 4.69) is 42.0 Å². The summed E-state index contributed by atoms with van der Waals surface area (Å²) in [7, 11) is 0. The number of carbonyl (C=O) groups excluding carboxylic acids is 2. The molecule has 9 heteroatoms. The van der Waals surface area contributed by atoms with Crippen molar-refractivity contribution in [3.05, 3.63) is 28.7 Å². The molecule has 2 amide bonds. The van der Waals surface area contributed by atoms with Crippen LogP contribution < -0.4 is 10.6 Å². The number of rotatable bonds is 6. The van der Waals surface area contributed by atoms with Gasteiger partial charge in [-0.2, -0.15) is 4.80 Å². The van der Waals surface area contributed by atoms with Crippen LogP contribution in [0.2, 0.25) is 0 Å². The molecule has 0 spiro atoms. The van der Waals surface area contributed by atoms with Crippen molar-refractivity contribution in [1.82, 2.24) is 30.8 Å². The predicted molar refractivity (Wildman–Crippen MR) is 87.2 cm³/mol. The fraction of sp³-hybridized carbons (Fsp3) is 0.357. The fourth-order valence-corrected chi connectivity index (χ4v) is 2.33. The molecule has 1 aromatic heterocycles. The molecule has 0 fully saturated rings. The van der Waals surface area contributed by atoms with E-state index in [0.717, 1.165) is 10.0 Å². The van der Waals surface area contributed by atoms with Gasteiger partial charge in [-0.05, 0) is 31.2 Å². The van der Waals surface area contributed by atoms with Crippen molar-refractivity contribution in [3.63, 3.8) is 0 Å². The number of aromatic nitrogens is 4.